The molecule has 0 N–H and O–H groups in total. The summed E-state index contributed by atoms with van der Waals surface area (Å²) in [4.78, 5) is 26.4. The molecule has 1 aliphatic heterocycles. The van der Waals surface area contributed by atoms with Gasteiger partial charge in [-0.1, -0.05) is 58.1 Å². The lowest BCUT2D eigenvalue weighted by Crippen LogP contribution is -2.27. The fourth-order valence-corrected chi connectivity index (χ4v) is 4.04. The number of benzene rings is 2. The summed E-state index contributed by atoms with van der Waals surface area (Å²) in [5, 5.41) is 0. The van der Waals surface area contributed by atoms with Crippen LogP contribution < -0.4 is 4.90 Å². The molecule has 0 bridgehead atoms. The molecule has 0 aromatic heterocycles. The van der Waals surface area contributed by atoms with Crippen LogP contribution in [-0.4, -0.2) is 23.3 Å². The summed E-state index contributed by atoms with van der Waals surface area (Å²) >= 11 is 10.0. The third-order valence-electron chi connectivity index (χ3n) is 3.47. The molecule has 0 saturated carbocycles. The maximum absolute atomic E-state index is 12.8. The minimum Gasteiger partial charge on any atom is -0.465 e. The van der Waals surface area contributed by atoms with Crippen LogP contribution in [0.5, 0.6) is 0 Å². The zero-order valence-electron chi connectivity index (χ0n) is 13.1. The van der Waals surface area contributed by atoms with Gasteiger partial charge in [0.25, 0.3) is 5.91 Å². The zero-order valence-corrected chi connectivity index (χ0v) is 16.3. The van der Waals surface area contributed by atoms with Crippen LogP contribution in [0.2, 0.25) is 0 Å². The van der Waals surface area contributed by atoms with E-state index in [0.717, 1.165) is 10.0 Å². The highest BCUT2D eigenvalue weighted by molar-refractivity contribution is 9.10. The normalized spacial score (nSPS) is 15.8. The van der Waals surface area contributed by atoms with Crippen molar-refractivity contribution in [2.75, 3.05) is 12.0 Å². The quantitative estimate of drug-likeness (QED) is 0.400. The number of hydrogen-bond acceptors (Lipinski definition) is 5. The summed E-state index contributed by atoms with van der Waals surface area (Å²) in [7, 11) is 1.31. The summed E-state index contributed by atoms with van der Waals surface area (Å²) in [5.41, 5.74) is 1.81. The molecule has 1 amide bonds. The van der Waals surface area contributed by atoms with Crippen molar-refractivity contribution in [2.24, 2.45) is 0 Å². The molecule has 0 radical (unpaired) electrons. The Balaban J connectivity index is 1.93. The molecule has 1 aliphatic rings. The van der Waals surface area contributed by atoms with Gasteiger partial charge in [0, 0.05) is 4.47 Å². The van der Waals surface area contributed by atoms with Gasteiger partial charge in [-0.3, -0.25) is 9.69 Å². The van der Waals surface area contributed by atoms with E-state index in [1.165, 1.54) is 23.8 Å². The number of thiocarbonyl (C=S) groups is 1. The SMILES string of the molecule is COC(=O)c1cccc(N2C(=O)/C(=C/c3cccc(Br)c3)SC2=S)c1. The molecule has 126 valence electrons. The molecule has 2 aromatic rings. The Labute approximate surface area is 163 Å². The van der Waals surface area contributed by atoms with Crippen LogP contribution in [0.3, 0.4) is 0 Å². The number of carbonyl (C=O) groups excluding carboxylic acids is 2. The van der Waals surface area contributed by atoms with Crippen LogP contribution in [0, 0.1) is 0 Å². The molecule has 4 nitrogen and oxygen atoms in total. The van der Waals surface area contributed by atoms with E-state index >= 15 is 0 Å². The van der Waals surface area contributed by atoms with Gasteiger partial charge in [-0.25, -0.2) is 4.79 Å². The number of anilines is 1. The minimum absolute atomic E-state index is 0.211. The fourth-order valence-electron chi connectivity index (χ4n) is 2.33. The Kier molecular flexibility index (Phi) is 5.36. The maximum Gasteiger partial charge on any atom is 0.337 e. The van der Waals surface area contributed by atoms with Crippen molar-refractivity contribution >= 4 is 67.9 Å². The average Bonchev–Trinajstić information content (AvgIpc) is 2.88. The van der Waals surface area contributed by atoms with Crippen LogP contribution >= 0.6 is 39.9 Å². The summed E-state index contributed by atoms with van der Waals surface area (Å²) in [5.74, 6) is -0.672. The highest BCUT2D eigenvalue weighted by Gasteiger charge is 2.33. The van der Waals surface area contributed by atoms with Gasteiger partial charge in [0.15, 0.2) is 4.32 Å². The summed E-state index contributed by atoms with van der Waals surface area (Å²) in [6.07, 6.45) is 1.80. The lowest BCUT2D eigenvalue weighted by Gasteiger charge is -2.15. The molecule has 0 spiro atoms. The highest BCUT2D eigenvalue weighted by atomic mass is 79.9. The maximum atomic E-state index is 12.8. The number of esters is 1. The molecule has 0 atom stereocenters. The number of methoxy groups -OCH3 is 1. The van der Waals surface area contributed by atoms with E-state index in [9.17, 15) is 9.59 Å². The van der Waals surface area contributed by atoms with Crippen LogP contribution in [-0.2, 0) is 9.53 Å². The lowest BCUT2D eigenvalue weighted by atomic mass is 10.2. The predicted octanol–water partition coefficient (Wildman–Crippen LogP) is 4.64. The van der Waals surface area contributed by atoms with Crippen molar-refractivity contribution in [1.29, 1.82) is 0 Å². The number of ether oxygens (including phenoxy) is 1. The van der Waals surface area contributed by atoms with E-state index in [4.69, 9.17) is 17.0 Å². The average molecular weight is 434 g/mol. The van der Waals surface area contributed by atoms with Gasteiger partial charge in [0.05, 0.1) is 23.3 Å². The summed E-state index contributed by atoms with van der Waals surface area (Å²) in [6, 6.07) is 14.3. The molecule has 0 aliphatic carbocycles. The van der Waals surface area contributed by atoms with Gasteiger partial charge in [-0.15, -0.1) is 0 Å². The van der Waals surface area contributed by atoms with Crippen LogP contribution in [0.25, 0.3) is 6.08 Å². The van der Waals surface area contributed by atoms with Crippen LogP contribution in [0.15, 0.2) is 57.9 Å². The molecule has 3 rings (SSSR count). The second-order valence-electron chi connectivity index (χ2n) is 5.11. The van der Waals surface area contributed by atoms with Crippen molar-refractivity contribution in [3.63, 3.8) is 0 Å². The first-order valence-electron chi connectivity index (χ1n) is 7.21. The minimum atomic E-state index is -0.461. The molecule has 7 heteroatoms. The Morgan fingerprint density at radius 2 is 2.00 bits per heavy atom. The highest BCUT2D eigenvalue weighted by Crippen LogP contribution is 2.36. The number of carbonyl (C=O) groups is 2. The smallest absolute Gasteiger partial charge is 0.337 e. The third-order valence-corrected chi connectivity index (χ3v) is 5.26. The molecule has 25 heavy (non-hydrogen) atoms. The van der Waals surface area contributed by atoms with Gasteiger partial charge in [-0.05, 0) is 42.0 Å². The zero-order chi connectivity index (χ0) is 18.0. The molecule has 1 saturated heterocycles. The molecule has 2 aromatic carbocycles. The fraction of sp³-hybridized carbons (Fsp3) is 0.0556. The Bertz CT molecular complexity index is 911. The van der Waals surface area contributed by atoms with Gasteiger partial charge < -0.3 is 4.74 Å². The van der Waals surface area contributed by atoms with Crippen molar-refractivity contribution in [3.8, 4) is 0 Å². The molecule has 1 fully saturated rings. The third kappa shape index (κ3) is 3.84. The second kappa shape index (κ2) is 7.51. The van der Waals surface area contributed by atoms with E-state index in [0.29, 0.717) is 20.5 Å². The van der Waals surface area contributed by atoms with Gasteiger partial charge in [0.2, 0.25) is 0 Å². The van der Waals surface area contributed by atoms with Crippen LogP contribution in [0.4, 0.5) is 5.69 Å². The second-order valence-corrected chi connectivity index (χ2v) is 7.71. The van der Waals surface area contributed by atoms with E-state index < -0.39 is 5.97 Å². The predicted molar refractivity (Wildman–Crippen MR) is 108 cm³/mol. The largest absolute Gasteiger partial charge is 0.465 e. The molecule has 1 heterocycles. The first-order chi connectivity index (χ1) is 12.0. The topological polar surface area (TPSA) is 46.6 Å². The Morgan fingerprint density at radius 3 is 2.72 bits per heavy atom. The van der Waals surface area contributed by atoms with E-state index in [1.807, 2.05) is 24.3 Å². The number of thioether (sulfide) groups is 1. The van der Waals surface area contributed by atoms with Crippen molar-refractivity contribution < 1.29 is 14.3 Å². The standard InChI is InChI=1S/C18H12BrNO3S2/c1-23-17(22)12-5-3-7-14(10-12)20-16(21)15(25-18(20)24)9-11-4-2-6-13(19)8-11/h2-10H,1H3/b15-9-. The number of nitrogens with zero attached hydrogens (tertiary/aromatic N) is 1. The van der Waals surface area contributed by atoms with Crippen molar-refractivity contribution in [3.05, 3.63) is 69.0 Å². The molecule has 0 unspecified atom stereocenters. The van der Waals surface area contributed by atoms with Crippen molar-refractivity contribution in [2.45, 2.75) is 0 Å². The first-order valence-corrected chi connectivity index (χ1v) is 9.23. The molecular formula is C18H12BrNO3S2. The monoisotopic (exact) mass is 433 g/mol. The Morgan fingerprint density at radius 1 is 1.24 bits per heavy atom. The first kappa shape index (κ1) is 17.8. The number of halogens is 1. The van der Waals surface area contributed by atoms with Gasteiger partial charge in [-0.2, -0.15) is 0 Å². The Hall–Kier alpha value is -1.96. The number of rotatable bonds is 3. The van der Waals surface area contributed by atoms with Gasteiger partial charge >= 0.3 is 5.97 Å². The summed E-state index contributed by atoms with van der Waals surface area (Å²) < 4.78 is 6.08. The van der Waals surface area contributed by atoms with Crippen LogP contribution in [0.1, 0.15) is 15.9 Å². The van der Waals surface area contributed by atoms with E-state index in [2.05, 4.69) is 15.9 Å². The summed E-state index contributed by atoms with van der Waals surface area (Å²) in [6.45, 7) is 0. The van der Waals surface area contributed by atoms with E-state index in [-0.39, 0.29) is 5.91 Å². The lowest BCUT2D eigenvalue weighted by molar-refractivity contribution is -0.113. The van der Waals surface area contributed by atoms with Crippen molar-refractivity contribution in [1.82, 2.24) is 0 Å². The molecular weight excluding hydrogens is 422 g/mol. The van der Waals surface area contributed by atoms with E-state index in [1.54, 1.807) is 30.3 Å². The number of hydrogen-bond donors (Lipinski definition) is 0. The van der Waals surface area contributed by atoms with Gasteiger partial charge in [0.1, 0.15) is 0 Å². The number of amides is 1.